The van der Waals surface area contributed by atoms with Gasteiger partial charge in [-0.3, -0.25) is 4.79 Å². The van der Waals surface area contributed by atoms with Crippen molar-refractivity contribution in [2.75, 3.05) is 24.6 Å². The zero-order valence-electron chi connectivity index (χ0n) is 12.3. The fourth-order valence-corrected chi connectivity index (χ4v) is 3.16. The molecule has 1 aliphatic heterocycles. The first-order chi connectivity index (χ1) is 9.46. The van der Waals surface area contributed by atoms with Gasteiger partial charge in [0.2, 0.25) is 0 Å². The van der Waals surface area contributed by atoms with E-state index in [0.29, 0.717) is 6.42 Å². The summed E-state index contributed by atoms with van der Waals surface area (Å²) < 4.78 is 0. The molecule has 0 bridgehead atoms. The van der Waals surface area contributed by atoms with Crippen molar-refractivity contribution < 1.29 is 9.90 Å². The van der Waals surface area contributed by atoms with Crippen LogP contribution < -0.4 is 0 Å². The molecule has 1 saturated heterocycles. The summed E-state index contributed by atoms with van der Waals surface area (Å²) in [4.78, 5) is 14.4. The molecule has 0 saturated carbocycles. The van der Waals surface area contributed by atoms with E-state index in [2.05, 4.69) is 0 Å². The molecule has 0 aliphatic carbocycles. The second-order valence-corrected chi connectivity index (χ2v) is 7.14. The van der Waals surface area contributed by atoms with Gasteiger partial charge in [0, 0.05) is 30.2 Å². The number of nitrogens with zero attached hydrogens (tertiary/aromatic N) is 1. The van der Waals surface area contributed by atoms with Gasteiger partial charge in [-0.25, -0.2) is 0 Å². The van der Waals surface area contributed by atoms with E-state index in [4.69, 9.17) is 0 Å². The average Bonchev–Trinajstić information content (AvgIpc) is 2.45. The Bertz CT molecular complexity index is 462. The summed E-state index contributed by atoms with van der Waals surface area (Å²) in [6, 6.07) is 7.81. The minimum atomic E-state index is -0.663. The summed E-state index contributed by atoms with van der Waals surface area (Å²) in [5.41, 5.74) is 1.22. The minimum Gasteiger partial charge on any atom is -0.390 e. The molecule has 1 fully saturated rings. The topological polar surface area (TPSA) is 40.5 Å². The SMILES string of the molecule is CC(C)(O)CCc1cccc(C(=O)N2CCSCC2)c1. The maximum Gasteiger partial charge on any atom is 0.253 e. The Kier molecular flexibility index (Phi) is 5.11. The molecule has 110 valence electrons. The van der Waals surface area contributed by atoms with E-state index in [9.17, 15) is 9.90 Å². The Morgan fingerprint density at radius 3 is 2.70 bits per heavy atom. The van der Waals surface area contributed by atoms with Crippen LogP contribution in [0.5, 0.6) is 0 Å². The molecule has 3 nitrogen and oxygen atoms in total. The lowest BCUT2D eigenvalue weighted by Gasteiger charge is -2.26. The highest BCUT2D eigenvalue weighted by atomic mass is 32.2. The van der Waals surface area contributed by atoms with Gasteiger partial charge in [-0.05, 0) is 44.4 Å². The lowest BCUT2D eigenvalue weighted by atomic mass is 9.98. The van der Waals surface area contributed by atoms with E-state index in [0.717, 1.165) is 42.1 Å². The second-order valence-electron chi connectivity index (χ2n) is 5.92. The third kappa shape index (κ3) is 4.53. The first-order valence-electron chi connectivity index (χ1n) is 7.14. The van der Waals surface area contributed by atoms with E-state index >= 15 is 0 Å². The smallest absolute Gasteiger partial charge is 0.253 e. The molecule has 0 atom stereocenters. The number of benzene rings is 1. The number of hydrogen-bond donors (Lipinski definition) is 1. The quantitative estimate of drug-likeness (QED) is 0.927. The van der Waals surface area contributed by atoms with Crippen LogP contribution in [0.3, 0.4) is 0 Å². The Morgan fingerprint density at radius 2 is 2.05 bits per heavy atom. The third-order valence-corrected chi connectivity index (χ3v) is 4.44. The summed E-state index contributed by atoms with van der Waals surface area (Å²) in [5, 5.41) is 9.78. The van der Waals surface area contributed by atoms with Crippen molar-refractivity contribution in [2.45, 2.75) is 32.3 Å². The fraction of sp³-hybridized carbons (Fsp3) is 0.562. The molecule has 0 radical (unpaired) electrons. The van der Waals surface area contributed by atoms with Crippen LogP contribution in [0.1, 0.15) is 36.2 Å². The number of rotatable bonds is 4. The lowest BCUT2D eigenvalue weighted by Crippen LogP contribution is -2.37. The zero-order valence-corrected chi connectivity index (χ0v) is 13.1. The van der Waals surface area contributed by atoms with Crippen molar-refractivity contribution in [3.63, 3.8) is 0 Å². The van der Waals surface area contributed by atoms with Crippen LogP contribution in [0.2, 0.25) is 0 Å². The highest BCUT2D eigenvalue weighted by Gasteiger charge is 2.19. The monoisotopic (exact) mass is 293 g/mol. The fourth-order valence-electron chi connectivity index (χ4n) is 2.26. The number of thioether (sulfide) groups is 1. The number of aliphatic hydroxyl groups is 1. The van der Waals surface area contributed by atoms with Crippen LogP contribution >= 0.6 is 11.8 Å². The largest absolute Gasteiger partial charge is 0.390 e. The van der Waals surface area contributed by atoms with Crippen LogP contribution in [0.4, 0.5) is 0 Å². The van der Waals surface area contributed by atoms with Crippen molar-refractivity contribution in [3.05, 3.63) is 35.4 Å². The molecule has 1 aromatic carbocycles. The van der Waals surface area contributed by atoms with E-state index in [-0.39, 0.29) is 5.91 Å². The van der Waals surface area contributed by atoms with E-state index in [1.54, 1.807) is 0 Å². The number of hydrogen-bond acceptors (Lipinski definition) is 3. The molecular formula is C16H23NO2S. The molecule has 4 heteroatoms. The van der Waals surface area contributed by atoms with Gasteiger partial charge < -0.3 is 10.0 Å². The predicted octanol–water partition coefficient (Wildman–Crippen LogP) is 2.58. The van der Waals surface area contributed by atoms with E-state index in [1.165, 1.54) is 0 Å². The summed E-state index contributed by atoms with van der Waals surface area (Å²) in [7, 11) is 0. The van der Waals surface area contributed by atoms with Crippen LogP contribution in [0, 0.1) is 0 Å². The van der Waals surface area contributed by atoms with Crippen LogP contribution in [0.25, 0.3) is 0 Å². The second kappa shape index (κ2) is 6.64. The summed E-state index contributed by atoms with van der Waals surface area (Å²) in [5.74, 6) is 2.20. The predicted molar refractivity (Wildman–Crippen MR) is 84.3 cm³/mol. The van der Waals surface area contributed by atoms with E-state index < -0.39 is 5.60 Å². The maximum atomic E-state index is 12.4. The van der Waals surface area contributed by atoms with Gasteiger partial charge >= 0.3 is 0 Å². The van der Waals surface area contributed by atoms with Crippen LogP contribution in [0.15, 0.2) is 24.3 Å². The normalized spacial score (nSPS) is 16.2. The van der Waals surface area contributed by atoms with Gasteiger partial charge in [-0.2, -0.15) is 11.8 Å². The number of carbonyl (C=O) groups excluding carboxylic acids is 1. The minimum absolute atomic E-state index is 0.135. The average molecular weight is 293 g/mol. The lowest BCUT2D eigenvalue weighted by molar-refractivity contribution is 0.0714. The first-order valence-corrected chi connectivity index (χ1v) is 8.29. The highest BCUT2D eigenvalue weighted by Crippen LogP contribution is 2.17. The number of amides is 1. The Balaban J connectivity index is 2.03. The third-order valence-electron chi connectivity index (χ3n) is 3.50. The summed E-state index contributed by atoms with van der Waals surface area (Å²) in [6.07, 6.45) is 1.49. The molecule has 1 N–H and O–H groups in total. The van der Waals surface area contributed by atoms with Gasteiger partial charge in [-0.15, -0.1) is 0 Å². The maximum absolute atomic E-state index is 12.4. The molecule has 1 aliphatic rings. The summed E-state index contributed by atoms with van der Waals surface area (Å²) in [6.45, 7) is 5.32. The van der Waals surface area contributed by atoms with Crippen molar-refractivity contribution >= 4 is 17.7 Å². The van der Waals surface area contributed by atoms with Gasteiger partial charge in [0.15, 0.2) is 0 Å². The zero-order chi connectivity index (χ0) is 14.6. The Morgan fingerprint density at radius 1 is 1.35 bits per heavy atom. The molecule has 1 amide bonds. The molecule has 20 heavy (non-hydrogen) atoms. The molecule has 0 aromatic heterocycles. The van der Waals surface area contributed by atoms with Gasteiger partial charge in [0.25, 0.3) is 5.91 Å². The highest BCUT2D eigenvalue weighted by molar-refractivity contribution is 7.99. The van der Waals surface area contributed by atoms with Gasteiger partial charge in [0.1, 0.15) is 0 Å². The van der Waals surface area contributed by atoms with Crippen LogP contribution in [-0.2, 0) is 6.42 Å². The standard InChI is InChI=1S/C16H23NO2S/c1-16(2,19)7-6-13-4-3-5-14(12-13)15(18)17-8-10-20-11-9-17/h3-5,12,19H,6-11H2,1-2H3. The molecule has 2 rings (SSSR count). The van der Waals surface area contributed by atoms with Gasteiger partial charge in [0.05, 0.1) is 5.60 Å². The Labute approximate surface area is 125 Å². The van der Waals surface area contributed by atoms with Crippen molar-refractivity contribution in [2.24, 2.45) is 0 Å². The van der Waals surface area contributed by atoms with Gasteiger partial charge in [-0.1, -0.05) is 12.1 Å². The first kappa shape index (κ1) is 15.4. The van der Waals surface area contributed by atoms with Crippen molar-refractivity contribution in [1.82, 2.24) is 4.90 Å². The van der Waals surface area contributed by atoms with Crippen LogP contribution in [-0.4, -0.2) is 46.1 Å². The van der Waals surface area contributed by atoms with Crippen molar-refractivity contribution in [1.29, 1.82) is 0 Å². The Hall–Kier alpha value is -1.00. The van der Waals surface area contributed by atoms with Crippen molar-refractivity contribution in [3.8, 4) is 0 Å². The molecule has 0 unspecified atom stereocenters. The molecule has 1 aromatic rings. The molecular weight excluding hydrogens is 270 g/mol. The summed E-state index contributed by atoms with van der Waals surface area (Å²) >= 11 is 1.90. The number of carbonyl (C=O) groups is 1. The molecule has 0 spiro atoms. The molecule has 1 heterocycles. The van der Waals surface area contributed by atoms with E-state index in [1.807, 2.05) is 54.8 Å². The number of aryl methyl sites for hydroxylation is 1.